The highest BCUT2D eigenvalue weighted by molar-refractivity contribution is 5.78. The van der Waals surface area contributed by atoms with Crippen LogP contribution in [-0.2, 0) is 28.7 Å². The van der Waals surface area contributed by atoms with E-state index >= 15 is 0 Å². The second-order valence-electron chi connectivity index (χ2n) is 8.56. The molecule has 1 saturated heterocycles. The Morgan fingerprint density at radius 2 is 2.03 bits per heavy atom. The van der Waals surface area contributed by atoms with Gasteiger partial charge < -0.3 is 20.5 Å². The molecule has 4 rings (SSSR count). The molecule has 1 fully saturated rings. The lowest BCUT2D eigenvalue weighted by Crippen LogP contribution is -2.51. The Hall–Kier alpha value is -3.09. The van der Waals surface area contributed by atoms with Crippen molar-refractivity contribution >= 4 is 11.8 Å². The van der Waals surface area contributed by atoms with E-state index in [9.17, 15) is 31.5 Å². The van der Waals surface area contributed by atoms with Crippen LogP contribution in [0.3, 0.4) is 0 Å². The van der Waals surface area contributed by atoms with Crippen LogP contribution in [0.1, 0.15) is 36.2 Å². The number of alkyl halides is 5. The highest BCUT2D eigenvalue weighted by Gasteiger charge is 2.41. The number of piperidine rings is 1. The number of aromatic amines is 1. The normalized spacial score (nSPS) is 19.2. The summed E-state index contributed by atoms with van der Waals surface area (Å²) in [7, 11) is 0. The van der Waals surface area contributed by atoms with Crippen LogP contribution in [0.5, 0.6) is 0 Å². The predicted octanol–water partition coefficient (Wildman–Crippen LogP) is 2.35. The third-order valence-electron chi connectivity index (χ3n) is 5.90. The second-order valence-corrected chi connectivity index (χ2v) is 8.56. The van der Waals surface area contributed by atoms with Gasteiger partial charge in [0.15, 0.2) is 11.5 Å². The molecule has 8 nitrogen and oxygen atoms in total. The summed E-state index contributed by atoms with van der Waals surface area (Å²) < 4.78 is 68.2. The third kappa shape index (κ3) is 5.18. The Kier molecular flexibility index (Phi) is 6.32. The molecule has 2 aromatic rings. The molecule has 1 atom stereocenters. The maximum Gasteiger partial charge on any atom is 0.433 e. The zero-order valence-corrected chi connectivity index (χ0v) is 18.0. The van der Waals surface area contributed by atoms with Crippen LogP contribution in [0.25, 0.3) is 11.5 Å². The first-order valence-corrected chi connectivity index (χ1v) is 10.7. The number of nitrogens with zero attached hydrogens (tertiary/aromatic N) is 4. The van der Waals surface area contributed by atoms with Crippen LogP contribution in [0, 0.1) is 0 Å². The first kappa shape index (κ1) is 24.0. The lowest BCUT2D eigenvalue weighted by molar-refractivity contribution is -0.148. The first-order chi connectivity index (χ1) is 15.9. The van der Waals surface area contributed by atoms with Gasteiger partial charge in [-0.15, -0.1) is 0 Å². The number of carbonyl (C=O) groups excluding carboxylic acids is 2. The van der Waals surface area contributed by atoms with E-state index in [1.54, 1.807) is 6.07 Å². The summed E-state index contributed by atoms with van der Waals surface area (Å²) >= 11 is 0. The third-order valence-corrected chi connectivity index (χ3v) is 5.90. The molecule has 2 aliphatic rings. The molecule has 0 aromatic carbocycles. The first-order valence-electron chi connectivity index (χ1n) is 10.7. The summed E-state index contributed by atoms with van der Waals surface area (Å²) in [5, 5.41) is 0. The minimum absolute atomic E-state index is 0.00750. The van der Waals surface area contributed by atoms with Crippen molar-refractivity contribution in [2.45, 2.75) is 50.4 Å². The fourth-order valence-corrected chi connectivity index (χ4v) is 4.23. The second kappa shape index (κ2) is 8.93. The molecular formula is C21H23F5N6O2. The number of halogens is 5. The molecule has 3 N–H and O–H groups in total. The zero-order chi connectivity index (χ0) is 24.7. The number of aromatic nitrogens is 3. The Morgan fingerprint density at radius 3 is 2.71 bits per heavy atom. The number of likely N-dealkylation sites (tertiary alicyclic amines) is 1. The smallest absolute Gasteiger partial charge is 0.359 e. The van der Waals surface area contributed by atoms with Crippen LogP contribution < -0.4 is 5.73 Å². The fraction of sp³-hybridized carbons (Fsp3) is 0.524. The number of hydrogen-bond donors (Lipinski definition) is 2. The molecular weight excluding hydrogens is 463 g/mol. The SMILES string of the molecule is N[C@@H](CC(=O)N1CCc2c(nc(-c3ccc[nH]3)nc2C(F)(F)F)C1)CN1CC(F)(F)CCC1=O. The summed E-state index contributed by atoms with van der Waals surface area (Å²) in [4.78, 5) is 37.7. The quantitative estimate of drug-likeness (QED) is 0.631. The zero-order valence-electron chi connectivity index (χ0n) is 18.0. The maximum absolute atomic E-state index is 13.7. The molecule has 4 heterocycles. The molecule has 184 valence electrons. The van der Waals surface area contributed by atoms with Gasteiger partial charge >= 0.3 is 6.18 Å². The lowest BCUT2D eigenvalue weighted by Gasteiger charge is -2.34. The Bertz CT molecular complexity index is 1070. The van der Waals surface area contributed by atoms with Gasteiger partial charge in [-0.3, -0.25) is 9.59 Å². The molecule has 0 bridgehead atoms. The average molecular weight is 486 g/mol. The van der Waals surface area contributed by atoms with Crippen molar-refractivity contribution in [3.63, 3.8) is 0 Å². The van der Waals surface area contributed by atoms with Gasteiger partial charge in [0, 0.05) is 50.2 Å². The maximum atomic E-state index is 13.7. The van der Waals surface area contributed by atoms with Crippen LogP contribution >= 0.6 is 0 Å². The van der Waals surface area contributed by atoms with E-state index in [4.69, 9.17) is 5.73 Å². The lowest BCUT2D eigenvalue weighted by atomic mass is 10.0. The minimum Gasteiger partial charge on any atom is -0.359 e. The molecule has 0 unspecified atom stereocenters. The monoisotopic (exact) mass is 486 g/mol. The van der Waals surface area contributed by atoms with Crippen molar-refractivity contribution < 1.29 is 31.5 Å². The minimum atomic E-state index is -4.69. The van der Waals surface area contributed by atoms with E-state index in [1.165, 1.54) is 17.2 Å². The molecule has 13 heteroatoms. The number of rotatable bonds is 5. The van der Waals surface area contributed by atoms with Crippen molar-refractivity contribution in [2.75, 3.05) is 19.6 Å². The van der Waals surface area contributed by atoms with E-state index < -0.39 is 48.6 Å². The van der Waals surface area contributed by atoms with Crippen LogP contribution in [0.2, 0.25) is 0 Å². The van der Waals surface area contributed by atoms with Crippen molar-refractivity contribution in [1.82, 2.24) is 24.8 Å². The molecule has 2 aliphatic heterocycles. The average Bonchev–Trinajstić information content (AvgIpc) is 3.29. The van der Waals surface area contributed by atoms with E-state index in [2.05, 4.69) is 15.0 Å². The van der Waals surface area contributed by atoms with Crippen LogP contribution in [0.4, 0.5) is 22.0 Å². The number of hydrogen-bond acceptors (Lipinski definition) is 5. The van der Waals surface area contributed by atoms with Gasteiger partial charge in [0.1, 0.15) is 0 Å². The largest absolute Gasteiger partial charge is 0.433 e. The molecule has 2 aromatic heterocycles. The van der Waals surface area contributed by atoms with Crippen molar-refractivity contribution in [3.8, 4) is 11.5 Å². The molecule has 2 amide bonds. The number of carbonyl (C=O) groups is 2. The summed E-state index contributed by atoms with van der Waals surface area (Å²) in [5.74, 6) is -4.04. The summed E-state index contributed by atoms with van der Waals surface area (Å²) in [6, 6.07) is 2.25. The standard InChI is InChI=1S/C21H23F5N6O2/c22-20(23)5-3-16(33)32(11-20)9-12(27)8-17(34)31-7-4-13-15(10-31)29-19(14-2-1-6-28-14)30-18(13)21(24,25)26/h1-2,6,12,28H,3-5,7-11,27H2/t12-/m0/s1. The molecule has 0 spiro atoms. The summed E-state index contributed by atoms with van der Waals surface area (Å²) in [5.41, 5.74) is 5.27. The van der Waals surface area contributed by atoms with E-state index in [1.807, 2.05) is 0 Å². The van der Waals surface area contributed by atoms with Crippen molar-refractivity contribution in [1.29, 1.82) is 0 Å². The Balaban J connectivity index is 1.47. The van der Waals surface area contributed by atoms with E-state index in [0.29, 0.717) is 5.69 Å². The van der Waals surface area contributed by atoms with Gasteiger partial charge in [-0.25, -0.2) is 18.7 Å². The van der Waals surface area contributed by atoms with E-state index in [-0.39, 0.29) is 56.0 Å². The molecule has 0 radical (unpaired) electrons. The van der Waals surface area contributed by atoms with Gasteiger partial charge in [-0.1, -0.05) is 0 Å². The number of amides is 2. The molecule has 0 saturated carbocycles. The number of H-pyrrole nitrogens is 1. The van der Waals surface area contributed by atoms with E-state index in [0.717, 1.165) is 4.90 Å². The van der Waals surface area contributed by atoms with Gasteiger partial charge in [0.25, 0.3) is 5.92 Å². The van der Waals surface area contributed by atoms with Gasteiger partial charge in [-0.05, 0) is 18.6 Å². The van der Waals surface area contributed by atoms with Crippen molar-refractivity contribution in [2.24, 2.45) is 5.73 Å². The van der Waals surface area contributed by atoms with Crippen LogP contribution in [-0.4, -0.2) is 68.2 Å². The highest BCUT2D eigenvalue weighted by atomic mass is 19.4. The number of nitrogens with two attached hydrogens (primary N) is 1. The predicted molar refractivity (Wildman–Crippen MR) is 109 cm³/mol. The summed E-state index contributed by atoms with van der Waals surface area (Å²) in [6.07, 6.45) is -4.30. The van der Waals surface area contributed by atoms with Gasteiger partial charge in [-0.2, -0.15) is 13.2 Å². The molecule has 0 aliphatic carbocycles. The van der Waals surface area contributed by atoms with Crippen LogP contribution in [0.15, 0.2) is 18.3 Å². The number of nitrogens with one attached hydrogen (secondary N) is 1. The summed E-state index contributed by atoms with van der Waals surface area (Å²) in [6.45, 7) is -1.11. The topological polar surface area (TPSA) is 108 Å². The highest BCUT2D eigenvalue weighted by Crippen LogP contribution is 2.35. The molecule has 34 heavy (non-hydrogen) atoms. The van der Waals surface area contributed by atoms with Gasteiger partial charge in [0.05, 0.1) is 24.5 Å². The Labute approximate surface area is 191 Å². The fourth-order valence-electron chi connectivity index (χ4n) is 4.23. The van der Waals surface area contributed by atoms with Gasteiger partial charge in [0.2, 0.25) is 11.8 Å². The Morgan fingerprint density at radius 1 is 1.26 bits per heavy atom. The number of fused-ring (bicyclic) bond motifs is 1. The van der Waals surface area contributed by atoms with Crippen molar-refractivity contribution in [3.05, 3.63) is 35.3 Å².